The lowest BCUT2D eigenvalue weighted by atomic mass is 10.0. The van der Waals surface area contributed by atoms with Gasteiger partial charge in [-0.15, -0.1) is 0 Å². The van der Waals surface area contributed by atoms with Crippen LogP contribution in [-0.4, -0.2) is 10.2 Å². The molecule has 2 heteroatoms. The van der Waals surface area contributed by atoms with Crippen molar-refractivity contribution in [2.45, 2.75) is 26.7 Å². The van der Waals surface area contributed by atoms with Crippen LogP contribution in [-0.2, 0) is 0 Å². The van der Waals surface area contributed by atoms with E-state index in [1.54, 1.807) is 30.3 Å². The molecule has 0 unspecified atom stereocenters. The highest BCUT2D eigenvalue weighted by atomic mass is 16.3. The number of phenols is 2. The summed E-state index contributed by atoms with van der Waals surface area (Å²) in [5.41, 5.74) is 2.23. The number of rotatable bonds is 1. The van der Waals surface area contributed by atoms with E-state index < -0.39 is 0 Å². The molecule has 0 spiro atoms. The number of para-hydroxylation sites is 1. The Kier molecular flexibility index (Phi) is 5.25. The van der Waals surface area contributed by atoms with Crippen molar-refractivity contribution < 1.29 is 10.2 Å². The van der Waals surface area contributed by atoms with E-state index in [2.05, 4.69) is 13.8 Å². The predicted molar refractivity (Wildman–Crippen MR) is 75.0 cm³/mol. The van der Waals surface area contributed by atoms with Gasteiger partial charge >= 0.3 is 0 Å². The molecule has 0 amide bonds. The van der Waals surface area contributed by atoms with Crippen molar-refractivity contribution >= 4 is 0 Å². The summed E-state index contributed by atoms with van der Waals surface area (Å²) in [7, 11) is 0. The SMILES string of the molecule is Cc1cc(C(C)C)ccc1O.Oc1ccccc1. The van der Waals surface area contributed by atoms with E-state index in [9.17, 15) is 5.11 Å². The monoisotopic (exact) mass is 244 g/mol. The van der Waals surface area contributed by atoms with E-state index in [-0.39, 0.29) is 0 Å². The Hall–Kier alpha value is -1.96. The zero-order valence-electron chi connectivity index (χ0n) is 11.1. The molecule has 0 aliphatic carbocycles. The van der Waals surface area contributed by atoms with Crippen molar-refractivity contribution in [3.63, 3.8) is 0 Å². The Morgan fingerprint density at radius 1 is 0.889 bits per heavy atom. The van der Waals surface area contributed by atoms with Crippen LogP contribution in [0.25, 0.3) is 0 Å². The number of phenolic OH excluding ortho intramolecular Hbond substituents is 2. The van der Waals surface area contributed by atoms with Crippen LogP contribution in [0.2, 0.25) is 0 Å². The van der Waals surface area contributed by atoms with Crippen molar-refractivity contribution in [1.82, 2.24) is 0 Å². The van der Waals surface area contributed by atoms with Crippen LogP contribution >= 0.6 is 0 Å². The van der Waals surface area contributed by atoms with Crippen LogP contribution in [0.1, 0.15) is 30.9 Å². The molecule has 2 nitrogen and oxygen atoms in total. The fourth-order valence-corrected chi connectivity index (χ4v) is 1.47. The van der Waals surface area contributed by atoms with Crippen molar-refractivity contribution in [3.8, 4) is 11.5 Å². The summed E-state index contributed by atoms with van der Waals surface area (Å²) in [5, 5.41) is 17.9. The third-order valence-corrected chi connectivity index (χ3v) is 2.64. The van der Waals surface area contributed by atoms with Gasteiger partial charge in [0.2, 0.25) is 0 Å². The second-order valence-electron chi connectivity index (χ2n) is 4.54. The van der Waals surface area contributed by atoms with Crippen LogP contribution in [0.3, 0.4) is 0 Å². The quantitative estimate of drug-likeness (QED) is 0.788. The molecular weight excluding hydrogens is 224 g/mol. The fourth-order valence-electron chi connectivity index (χ4n) is 1.47. The summed E-state index contributed by atoms with van der Waals surface area (Å²) < 4.78 is 0. The Morgan fingerprint density at radius 2 is 1.50 bits per heavy atom. The molecule has 0 saturated heterocycles. The van der Waals surface area contributed by atoms with E-state index in [1.807, 2.05) is 25.1 Å². The maximum Gasteiger partial charge on any atom is 0.118 e. The molecular formula is C16H20O2. The Balaban J connectivity index is 0.000000199. The standard InChI is InChI=1S/C10H14O.C6H6O/c1-7(2)9-4-5-10(11)8(3)6-9;7-6-4-2-1-3-5-6/h4-7,11H,1-3H3;1-5,7H. The number of aryl methyl sites for hydroxylation is 1. The molecule has 96 valence electrons. The molecule has 0 aliphatic heterocycles. The van der Waals surface area contributed by atoms with Crippen LogP contribution in [0, 0.1) is 6.92 Å². The smallest absolute Gasteiger partial charge is 0.118 e. The first-order chi connectivity index (χ1) is 8.50. The molecule has 0 aliphatic rings. The van der Waals surface area contributed by atoms with Gasteiger partial charge < -0.3 is 10.2 Å². The summed E-state index contributed by atoms with van der Waals surface area (Å²) in [6, 6.07) is 14.5. The van der Waals surface area contributed by atoms with Crippen molar-refractivity contribution in [1.29, 1.82) is 0 Å². The molecule has 2 N–H and O–H groups in total. The lowest BCUT2D eigenvalue weighted by Crippen LogP contribution is -1.87. The van der Waals surface area contributed by atoms with Crippen molar-refractivity contribution in [2.75, 3.05) is 0 Å². The van der Waals surface area contributed by atoms with Crippen LogP contribution in [0.15, 0.2) is 48.5 Å². The molecule has 2 aromatic rings. The van der Waals surface area contributed by atoms with Gasteiger partial charge in [-0.05, 0) is 42.2 Å². The van der Waals surface area contributed by atoms with Gasteiger partial charge in [0.05, 0.1) is 0 Å². The molecule has 0 fully saturated rings. The Labute approximate surface area is 109 Å². The van der Waals surface area contributed by atoms with E-state index >= 15 is 0 Å². The molecule has 0 bridgehead atoms. The number of hydrogen-bond donors (Lipinski definition) is 2. The van der Waals surface area contributed by atoms with Gasteiger partial charge in [0.15, 0.2) is 0 Å². The highest BCUT2D eigenvalue weighted by Gasteiger charge is 2.00. The maximum absolute atomic E-state index is 9.23. The number of aromatic hydroxyl groups is 2. The number of benzene rings is 2. The maximum atomic E-state index is 9.23. The Morgan fingerprint density at radius 3 is 1.89 bits per heavy atom. The minimum absolute atomic E-state index is 0.322. The molecule has 0 aromatic heterocycles. The van der Waals surface area contributed by atoms with Crippen molar-refractivity contribution in [2.24, 2.45) is 0 Å². The zero-order valence-corrected chi connectivity index (χ0v) is 11.1. The van der Waals surface area contributed by atoms with Gasteiger partial charge in [-0.25, -0.2) is 0 Å². The zero-order chi connectivity index (χ0) is 13.5. The van der Waals surface area contributed by atoms with E-state index in [0.29, 0.717) is 17.4 Å². The molecule has 0 radical (unpaired) electrons. The van der Waals surface area contributed by atoms with Gasteiger partial charge in [0.25, 0.3) is 0 Å². The average Bonchev–Trinajstić information content (AvgIpc) is 2.34. The minimum Gasteiger partial charge on any atom is -0.508 e. The number of hydrogen-bond acceptors (Lipinski definition) is 2. The molecule has 0 atom stereocenters. The second-order valence-corrected chi connectivity index (χ2v) is 4.54. The highest BCUT2D eigenvalue weighted by Crippen LogP contribution is 2.21. The van der Waals surface area contributed by atoms with E-state index in [1.165, 1.54) is 5.56 Å². The third-order valence-electron chi connectivity index (χ3n) is 2.64. The first-order valence-electron chi connectivity index (χ1n) is 6.04. The lowest BCUT2D eigenvalue weighted by molar-refractivity contribution is 0.470. The summed E-state index contributed by atoms with van der Waals surface area (Å²) in [5.74, 6) is 1.24. The molecule has 18 heavy (non-hydrogen) atoms. The topological polar surface area (TPSA) is 40.5 Å². The van der Waals surface area contributed by atoms with E-state index in [0.717, 1.165) is 5.56 Å². The third kappa shape index (κ3) is 4.50. The fraction of sp³-hybridized carbons (Fsp3) is 0.250. The van der Waals surface area contributed by atoms with Crippen LogP contribution < -0.4 is 0 Å². The lowest BCUT2D eigenvalue weighted by Gasteiger charge is -2.06. The average molecular weight is 244 g/mol. The first-order valence-corrected chi connectivity index (χ1v) is 6.04. The Bertz CT molecular complexity index is 476. The van der Waals surface area contributed by atoms with Gasteiger partial charge in [-0.2, -0.15) is 0 Å². The molecule has 0 saturated carbocycles. The summed E-state index contributed by atoms with van der Waals surface area (Å²) in [4.78, 5) is 0. The largest absolute Gasteiger partial charge is 0.508 e. The summed E-state index contributed by atoms with van der Waals surface area (Å²) >= 11 is 0. The first kappa shape index (κ1) is 14.1. The summed E-state index contributed by atoms with van der Waals surface area (Å²) in [6.45, 7) is 6.21. The second kappa shape index (κ2) is 6.70. The van der Waals surface area contributed by atoms with Crippen LogP contribution in [0.5, 0.6) is 11.5 Å². The predicted octanol–water partition coefficient (Wildman–Crippen LogP) is 4.22. The minimum atomic E-state index is 0.322. The van der Waals surface area contributed by atoms with Crippen LogP contribution in [0.4, 0.5) is 0 Å². The molecule has 0 heterocycles. The highest BCUT2D eigenvalue weighted by molar-refractivity contribution is 5.35. The molecule has 2 aromatic carbocycles. The van der Waals surface area contributed by atoms with Crippen molar-refractivity contribution in [3.05, 3.63) is 59.7 Å². The van der Waals surface area contributed by atoms with Gasteiger partial charge in [0.1, 0.15) is 11.5 Å². The van der Waals surface area contributed by atoms with Gasteiger partial charge in [0, 0.05) is 0 Å². The van der Waals surface area contributed by atoms with Gasteiger partial charge in [-0.1, -0.05) is 44.2 Å². The van der Waals surface area contributed by atoms with E-state index in [4.69, 9.17) is 5.11 Å². The normalized spacial score (nSPS) is 9.78. The van der Waals surface area contributed by atoms with Gasteiger partial charge in [-0.3, -0.25) is 0 Å². The molecule has 2 rings (SSSR count). The summed E-state index contributed by atoms with van der Waals surface area (Å²) in [6.07, 6.45) is 0.